The van der Waals surface area contributed by atoms with Crippen LogP contribution in [0.3, 0.4) is 0 Å². The summed E-state index contributed by atoms with van der Waals surface area (Å²) in [5, 5.41) is 3.38. The molecule has 0 atom stereocenters. The van der Waals surface area contributed by atoms with Crippen LogP contribution >= 0.6 is 0 Å². The minimum absolute atomic E-state index is 0.158. The summed E-state index contributed by atoms with van der Waals surface area (Å²) in [4.78, 5) is 4.56. The number of hydrogen-bond donors (Lipinski definition) is 1. The molecule has 0 radical (unpaired) electrons. The lowest BCUT2D eigenvalue weighted by molar-refractivity contribution is 0.00533. The monoisotopic (exact) mass is 280 g/mol. The van der Waals surface area contributed by atoms with Gasteiger partial charge in [-0.05, 0) is 32.9 Å². The Balaban J connectivity index is 2.64. The van der Waals surface area contributed by atoms with Gasteiger partial charge in [-0.2, -0.15) is 0 Å². The van der Waals surface area contributed by atoms with Crippen LogP contribution in [-0.2, 0) is 11.3 Å². The summed E-state index contributed by atoms with van der Waals surface area (Å²) in [7, 11) is 1.73. The van der Waals surface area contributed by atoms with Gasteiger partial charge in [0.25, 0.3) is 0 Å². The fourth-order valence-electron chi connectivity index (χ4n) is 1.67. The van der Waals surface area contributed by atoms with Gasteiger partial charge in [0.15, 0.2) is 0 Å². The second-order valence-corrected chi connectivity index (χ2v) is 6.00. The van der Waals surface area contributed by atoms with Crippen molar-refractivity contribution in [3.63, 3.8) is 0 Å². The Morgan fingerprint density at radius 1 is 1.30 bits per heavy atom. The van der Waals surface area contributed by atoms with Gasteiger partial charge >= 0.3 is 0 Å². The zero-order valence-corrected chi connectivity index (χ0v) is 13.6. The minimum atomic E-state index is -0.158. The number of methoxy groups -OCH3 is 1. The van der Waals surface area contributed by atoms with Crippen LogP contribution in [0.25, 0.3) is 0 Å². The van der Waals surface area contributed by atoms with E-state index < -0.39 is 0 Å². The van der Waals surface area contributed by atoms with E-state index in [4.69, 9.17) is 9.47 Å². The third kappa shape index (κ3) is 5.88. The lowest BCUT2D eigenvalue weighted by Crippen LogP contribution is -2.26. The van der Waals surface area contributed by atoms with Crippen LogP contribution in [0, 0.1) is 6.92 Å². The van der Waals surface area contributed by atoms with E-state index in [0.717, 1.165) is 30.1 Å². The molecule has 4 heteroatoms. The molecule has 0 aliphatic heterocycles. The highest BCUT2D eigenvalue weighted by atomic mass is 16.5. The minimum Gasteiger partial charge on any atom is -0.492 e. The van der Waals surface area contributed by atoms with Gasteiger partial charge in [0, 0.05) is 31.8 Å². The van der Waals surface area contributed by atoms with E-state index in [1.165, 1.54) is 0 Å². The van der Waals surface area contributed by atoms with Gasteiger partial charge < -0.3 is 14.8 Å². The van der Waals surface area contributed by atoms with Crippen LogP contribution in [0.1, 0.15) is 45.5 Å². The van der Waals surface area contributed by atoms with Crippen molar-refractivity contribution in [1.82, 2.24) is 10.3 Å². The van der Waals surface area contributed by atoms with E-state index in [2.05, 4.69) is 38.0 Å². The van der Waals surface area contributed by atoms with Crippen LogP contribution < -0.4 is 10.1 Å². The fourth-order valence-corrected chi connectivity index (χ4v) is 1.67. The zero-order chi connectivity index (χ0) is 15.2. The highest BCUT2D eigenvalue weighted by molar-refractivity contribution is 5.29. The van der Waals surface area contributed by atoms with Crippen LogP contribution in [0.2, 0.25) is 0 Å². The molecule has 1 aromatic heterocycles. The molecule has 1 aromatic rings. The first kappa shape index (κ1) is 16.9. The summed E-state index contributed by atoms with van der Waals surface area (Å²) in [6.07, 6.45) is 0.842. The Morgan fingerprint density at radius 2 is 2.00 bits per heavy atom. The molecule has 0 aliphatic rings. The van der Waals surface area contributed by atoms with E-state index in [1.54, 1.807) is 7.11 Å². The summed E-state index contributed by atoms with van der Waals surface area (Å²) in [5.74, 6) is 0.857. The van der Waals surface area contributed by atoms with Crippen molar-refractivity contribution in [2.24, 2.45) is 0 Å². The first-order valence-electron chi connectivity index (χ1n) is 7.22. The molecule has 0 aromatic carbocycles. The van der Waals surface area contributed by atoms with Crippen molar-refractivity contribution < 1.29 is 9.47 Å². The molecule has 0 amide bonds. The Morgan fingerprint density at radius 3 is 2.60 bits per heavy atom. The summed E-state index contributed by atoms with van der Waals surface area (Å²) in [5.41, 5.74) is 1.82. The second kappa shape index (κ2) is 7.60. The molecule has 114 valence electrons. The highest BCUT2D eigenvalue weighted by Crippen LogP contribution is 2.19. The normalized spacial score (nSPS) is 11.9. The van der Waals surface area contributed by atoms with Gasteiger partial charge in [0.2, 0.25) is 0 Å². The number of hydrogen-bond acceptors (Lipinski definition) is 4. The van der Waals surface area contributed by atoms with Crippen molar-refractivity contribution in [3.05, 3.63) is 23.5 Å². The lowest BCUT2D eigenvalue weighted by atomic mass is 10.1. The molecule has 20 heavy (non-hydrogen) atoms. The van der Waals surface area contributed by atoms with Gasteiger partial charge in [-0.25, -0.2) is 0 Å². The molecule has 0 aliphatic carbocycles. The summed E-state index contributed by atoms with van der Waals surface area (Å²) in [6, 6.07) is 4.41. The summed E-state index contributed by atoms with van der Waals surface area (Å²) >= 11 is 0. The van der Waals surface area contributed by atoms with Crippen LogP contribution in [0.15, 0.2) is 12.1 Å². The molecule has 0 fully saturated rings. The van der Waals surface area contributed by atoms with Gasteiger partial charge in [0.1, 0.15) is 5.75 Å². The van der Waals surface area contributed by atoms with Crippen molar-refractivity contribution in [3.8, 4) is 5.75 Å². The molecule has 0 spiro atoms. The number of pyridine rings is 1. The molecule has 0 bridgehead atoms. The Hall–Kier alpha value is -1.13. The van der Waals surface area contributed by atoms with Crippen LogP contribution in [0.5, 0.6) is 5.75 Å². The lowest BCUT2D eigenvalue weighted by Gasteiger charge is -2.23. The molecule has 1 rings (SSSR count). The SMILES string of the molecule is COC(C)(C)CCOc1ccc(C)nc1CNC(C)C. The quantitative estimate of drug-likeness (QED) is 0.794. The third-order valence-electron chi connectivity index (χ3n) is 3.26. The van der Waals surface area contributed by atoms with Gasteiger partial charge in [-0.15, -0.1) is 0 Å². The van der Waals surface area contributed by atoms with Crippen LogP contribution in [-0.4, -0.2) is 30.3 Å². The predicted octanol–water partition coefficient (Wildman–Crippen LogP) is 3.08. The third-order valence-corrected chi connectivity index (χ3v) is 3.26. The zero-order valence-electron chi connectivity index (χ0n) is 13.6. The van der Waals surface area contributed by atoms with Crippen LogP contribution in [0.4, 0.5) is 0 Å². The van der Waals surface area contributed by atoms with Crippen molar-refractivity contribution >= 4 is 0 Å². The summed E-state index contributed by atoms with van der Waals surface area (Å²) in [6.45, 7) is 11.7. The number of nitrogens with zero attached hydrogens (tertiary/aromatic N) is 1. The van der Waals surface area contributed by atoms with E-state index in [0.29, 0.717) is 12.6 Å². The predicted molar refractivity (Wildman–Crippen MR) is 82.1 cm³/mol. The maximum atomic E-state index is 5.88. The Labute approximate surface area is 122 Å². The van der Waals surface area contributed by atoms with Gasteiger partial charge in [0.05, 0.1) is 17.9 Å². The molecule has 0 saturated heterocycles. The van der Waals surface area contributed by atoms with E-state index >= 15 is 0 Å². The molecular weight excluding hydrogens is 252 g/mol. The number of ether oxygens (including phenoxy) is 2. The fraction of sp³-hybridized carbons (Fsp3) is 0.688. The smallest absolute Gasteiger partial charge is 0.142 e. The first-order chi connectivity index (χ1) is 9.34. The number of nitrogens with one attached hydrogen (secondary N) is 1. The van der Waals surface area contributed by atoms with E-state index in [9.17, 15) is 0 Å². The number of aryl methyl sites for hydroxylation is 1. The van der Waals surface area contributed by atoms with E-state index in [1.807, 2.05) is 19.1 Å². The molecule has 4 nitrogen and oxygen atoms in total. The van der Waals surface area contributed by atoms with E-state index in [-0.39, 0.29) is 5.60 Å². The Kier molecular flexibility index (Phi) is 6.43. The largest absolute Gasteiger partial charge is 0.492 e. The first-order valence-corrected chi connectivity index (χ1v) is 7.22. The maximum Gasteiger partial charge on any atom is 0.142 e. The summed E-state index contributed by atoms with van der Waals surface area (Å²) < 4.78 is 11.3. The van der Waals surface area contributed by atoms with Crippen molar-refractivity contribution in [1.29, 1.82) is 0 Å². The Bertz CT molecular complexity index is 417. The average molecular weight is 280 g/mol. The number of aromatic nitrogens is 1. The molecule has 0 saturated carbocycles. The molecular formula is C16H28N2O2. The molecule has 0 unspecified atom stereocenters. The highest BCUT2D eigenvalue weighted by Gasteiger charge is 2.16. The topological polar surface area (TPSA) is 43.4 Å². The maximum absolute atomic E-state index is 5.88. The van der Waals surface area contributed by atoms with Crippen molar-refractivity contribution in [2.75, 3.05) is 13.7 Å². The van der Waals surface area contributed by atoms with Gasteiger partial charge in [-0.3, -0.25) is 4.98 Å². The van der Waals surface area contributed by atoms with Crippen molar-refractivity contribution in [2.45, 2.75) is 59.2 Å². The van der Waals surface area contributed by atoms with Gasteiger partial charge in [-0.1, -0.05) is 13.8 Å². The standard InChI is InChI=1S/C16H28N2O2/c1-12(2)17-11-14-15(8-7-13(3)18-14)20-10-9-16(4,5)19-6/h7-8,12,17H,9-11H2,1-6H3. The average Bonchev–Trinajstić information content (AvgIpc) is 2.38. The molecule has 1 heterocycles. The second-order valence-electron chi connectivity index (χ2n) is 6.00. The molecule has 1 N–H and O–H groups in total. The number of rotatable bonds is 8.